The number of thiophene rings is 2. The van der Waals surface area contributed by atoms with Crippen molar-refractivity contribution in [3.8, 4) is 16.3 Å². The summed E-state index contributed by atoms with van der Waals surface area (Å²) in [5, 5.41) is 12.8. The Bertz CT molecular complexity index is 1500. The van der Waals surface area contributed by atoms with E-state index in [0.29, 0.717) is 10.5 Å². The summed E-state index contributed by atoms with van der Waals surface area (Å²) in [4.78, 5) is 19.9. The molecule has 0 spiro atoms. The number of hydrogen-bond donors (Lipinski definition) is 0. The average molecular weight is 478 g/mol. The molecule has 0 aliphatic rings. The normalized spacial score (nSPS) is 12.2. The molecule has 0 saturated heterocycles. The lowest BCUT2D eigenvalue weighted by Gasteiger charge is -2.07. The van der Waals surface area contributed by atoms with Crippen LogP contribution < -0.4 is 10.4 Å². The first-order chi connectivity index (χ1) is 15.6. The molecule has 0 amide bonds. The van der Waals surface area contributed by atoms with Crippen molar-refractivity contribution in [3.63, 3.8) is 0 Å². The maximum atomic E-state index is 13.3. The van der Waals surface area contributed by atoms with Crippen LogP contribution >= 0.6 is 34.0 Å². The van der Waals surface area contributed by atoms with Crippen LogP contribution in [0, 0.1) is 6.92 Å². The summed E-state index contributed by atoms with van der Waals surface area (Å²) in [6.07, 6.45) is 1.82. The smallest absolute Gasteiger partial charge is 0.283 e. The zero-order chi connectivity index (χ0) is 22.1. The highest BCUT2D eigenvalue weighted by molar-refractivity contribution is 7.14. The predicted molar refractivity (Wildman–Crippen MR) is 134 cm³/mol. The molecule has 0 bridgehead atoms. The molecular weight excluding hydrogens is 458 g/mol. The number of nitrogens with zero attached hydrogens (tertiary/aromatic N) is 5. The minimum Gasteiger partial charge on any atom is -0.283 e. The molecule has 0 aliphatic heterocycles. The number of hydrogen-bond acceptors (Lipinski definition) is 6. The summed E-state index contributed by atoms with van der Waals surface area (Å²) in [7, 11) is 1.87. The van der Waals surface area contributed by atoms with Crippen molar-refractivity contribution in [1.29, 1.82) is 0 Å². The Morgan fingerprint density at radius 2 is 1.81 bits per heavy atom. The minimum absolute atomic E-state index is 0.157. The second-order valence-corrected chi connectivity index (χ2v) is 9.58. The fraction of sp³-hybridized carbons (Fsp3) is 0.0870. The molecule has 0 aliphatic carbocycles. The van der Waals surface area contributed by atoms with Gasteiger partial charge in [-0.3, -0.25) is 9.48 Å². The van der Waals surface area contributed by atoms with E-state index in [9.17, 15) is 4.79 Å². The van der Waals surface area contributed by atoms with Gasteiger partial charge in [-0.25, -0.2) is 14.4 Å². The summed E-state index contributed by atoms with van der Waals surface area (Å²) in [5.74, 6) is 0. The Morgan fingerprint density at radius 3 is 2.53 bits per heavy atom. The van der Waals surface area contributed by atoms with E-state index in [4.69, 9.17) is 10.1 Å². The van der Waals surface area contributed by atoms with Gasteiger partial charge in [0.05, 0.1) is 28.2 Å². The molecular formula is C23H19N5OS3. The van der Waals surface area contributed by atoms with Crippen LogP contribution in [0.5, 0.6) is 0 Å². The van der Waals surface area contributed by atoms with Gasteiger partial charge in [0.1, 0.15) is 0 Å². The topological polar surface area (TPSA) is 56.6 Å². The van der Waals surface area contributed by atoms with E-state index in [0.717, 1.165) is 27.5 Å². The van der Waals surface area contributed by atoms with Crippen LogP contribution in [0.15, 0.2) is 84.9 Å². The average Bonchev–Trinajstić information content (AvgIpc) is 3.60. The van der Waals surface area contributed by atoms with Gasteiger partial charge in [0.25, 0.3) is 5.56 Å². The number of rotatable bonds is 5. The molecule has 32 heavy (non-hydrogen) atoms. The number of aromatic nitrogens is 3. The summed E-state index contributed by atoms with van der Waals surface area (Å²) in [6.45, 7) is 1.91. The molecule has 0 unspecified atom stereocenters. The molecule has 0 radical (unpaired) electrons. The Hall–Kier alpha value is -3.27. The van der Waals surface area contributed by atoms with Crippen LogP contribution in [0.2, 0.25) is 0 Å². The van der Waals surface area contributed by atoms with Gasteiger partial charge in [-0.05, 0) is 47.3 Å². The van der Waals surface area contributed by atoms with E-state index in [-0.39, 0.29) is 5.56 Å². The van der Waals surface area contributed by atoms with E-state index < -0.39 is 0 Å². The van der Waals surface area contributed by atoms with Crippen molar-refractivity contribution in [2.75, 3.05) is 0 Å². The maximum Gasteiger partial charge on any atom is 0.297 e. The Kier molecular flexibility index (Phi) is 5.60. The lowest BCUT2D eigenvalue weighted by Crippen LogP contribution is -2.19. The van der Waals surface area contributed by atoms with Crippen LogP contribution in [0.1, 0.15) is 11.3 Å². The molecule has 0 atom stereocenters. The van der Waals surface area contributed by atoms with Gasteiger partial charge in [0, 0.05) is 18.0 Å². The van der Waals surface area contributed by atoms with Crippen molar-refractivity contribution in [1.82, 2.24) is 14.0 Å². The minimum atomic E-state index is -0.157. The van der Waals surface area contributed by atoms with E-state index in [1.54, 1.807) is 27.4 Å². The fourth-order valence-corrected chi connectivity index (χ4v) is 5.58. The maximum absolute atomic E-state index is 13.3. The summed E-state index contributed by atoms with van der Waals surface area (Å²) < 4.78 is 5.29. The summed E-state index contributed by atoms with van der Waals surface area (Å²) in [5.41, 5.74) is 3.83. The quantitative estimate of drug-likeness (QED) is 0.319. The molecule has 4 heterocycles. The third-order valence-electron chi connectivity index (χ3n) is 5.06. The van der Waals surface area contributed by atoms with Gasteiger partial charge in [0.2, 0.25) is 4.80 Å². The van der Waals surface area contributed by atoms with Crippen molar-refractivity contribution >= 4 is 45.9 Å². The van der Waals surface area contributed by atoms with E-state index in [1.165, 1.54) is 11.3 Å². The molecule has 0 saturated carbocycles. The first-order valence-corrected chi connectivity index (χ1v) is 12.5. The molecule has 5 rings (SSSR count). The highest BCUT2D eigenvalue weighted by Crippen LogP contribution is 2.26. The number of thiazole rings is 1. The van der Waals surface area contributed by atoms with Gasteiger partial charge >= 0.3 is 0 Å². The molecule has 5 aromatic rings. The first-order valence-electron chi connectivity index (χ1n) is 9.83. The third-order valence-corrected chi connectivity index (χ3v) is 7.47. The van der Waals surface area contributed by atoms with E-state index >= 15 is 0 Å². The number of para-hydroxylation sites is 1. The monoisotopic (exact) mass is 477 g/mol. The lowest BCUT2D eigenvalue weighted by atomic mass is 10.3. The lowest BCUT2D eigenvalue weighted by molar-refractivity contribution is 0.630. The molecule has 160 valence electrons. The molecule has 0 fully saturated rings. The van der Waals surface area contributed by atoms with Crippen molar-refractivity contribution in [2.24, 2.45) is 17.1 Å². The Balaban J connectivity index is 1.69. The van der Waals surface area contributed by atoms with Gasteiger partial charge in [-0.2, -0.15) is 16.4 Å². The molecule has 9 heteroatoms. The van der Waals surface area contributed by atoms with Gasteiger partial charge in [0.15, 0.2) is 5.69 Å². The summed E-state index contributed by atoms with van der Waals surface area (Å²) >= 11 is 4.74. The zero-order valence-corrected chi connectivity index (χ0v) is 19.8. The van der Waals surface area contributed by atoms with Crippen LogP contribution in [0.3, 0.4) is 0 Å². The second-order valence-electron chi connectivity index (χ2n) is 7.02. The van der Waals surface area contributed by atoms with Crippen LogP contribution in [0.25, 0.3) is 16.3 Å². The van der Waals surface area contributed by atoms with Gasteiger partial charge < -0.3 is 0 Å². The van der Waals surface area contributed by atoms with Gasteiger partial charge in [-0.15, -0.1) is 22.7 Å². The second kappa shape index (κ2) is 8.70. The summed E-state index contributed by atoms with van der Waals surface area (Å²) in [6, 6.07) is 15.7. The third kappa shape index (κ3) is 3.75. The van der Waals surface area contributed by atoms with Crippen LogP contribution in [-0.2, 0) is 7.05 Å². The molecule has 0 N–H and O–H groups in total. The van der Waals surface area contributed by atoms with Crippen molar-refractivity contribution in [2.45, 2.75) is 6.92 Å². The van der Waals surface area contributed by atoms with Crippen LogP contribution in [0.4, 0.5) is 5.69 Å². The van der Waals surface area contributed by atoms with Crippen molar-refractivity contribution in [3.05, 3.63) is 96.5 Å². The molecule has 6 nitrogen and oxygen atoms in total. The molecule has 4 aromatic heterocycles. The Labute approximate surface area is 196 Å². The fourth-order valence-electron chi connectivity index (χ4n) is 3.33. The van der Waals surface area contributed by atoms with Crippen LogP contribution in [-0.4, -0.2) is 20.3 Å². The molecule has 1 aromatic carbocycles. The SMILES string of the molecule is Cc1c(N=c2scc(-c3cccs3)n2N=Cc2ccsc2)c(=O)n(-c2ccccc2)n1C. The highest BCUT2D eigenvalue weighted by atomic mass is 32.1. The zero-order valence-electron chi connectivity index (χ0n) is 17.4. The van der Waals surface area contributed by atoms with Crippen molar-refractivity contribution < 1.29 is 0 Å². The standard InChI is InChI=1S/C23H19N5OS3/c1-16-21(22(29)28(26(16)2)18-7-4-3-5-8-18)25-23-27(24-13-17-10-12-30-14-17)19(15-32-23)20-9-6-11-31-20/h3-15H,1-2H3. The first kappa shape index (κ1) is 20.6. The van der Waals surface area contributed by atoms with Gasteiger partial charge in [-0.1, -0.05) is 24.3 Å². The Morgan fingerprint density at radius 1 is 0.969 bits per heavy atom. The van der Waals surface area contributed by atoms with E-state index in [2.05, 4.69) is 6.07 Å². The van der Waals surface area contributed by atoms with E-state index in [1.807, 2.05) is 93.5 Å². The largest absolute Gasteiger partial charge is 0.297 e. The predicted octanol–water partition coefficient (Wildman–Crippen LogP) is 5.25. The number of benzene rings is 1. The highest BCUT2D eigenvalue weighted by Gasteiger charge is 2.17.